The van der Waals surface area contributed by atoms with Gasteiger partial charge in [-0.1, -0.05) is 30.3 Å². The predicted molar refractivity (Wildman–Crippen MR) is 67.7 cm³/mol. The standard InChI is InChI=1S/C14H19NO3/c1-14(10-13(16)17-2)9-8-12(18-15-14)11-6-4-3-5-7-11/h3-7,12,15H,8-10H2,1-2H3/t12-,14-/m1/s1. The number of carbonyl (C=O) groups is 1. The molecule has 18 heavy (non-hydrogen) atoms. The van der Waals surface area contributed by atoms with Crippen LogP contribution in [0.3, 0.4) is 0 Å². The third kappa shape index (κ3) is 3.09. The number of hydrogen-bond acceptors (Lipinski definition) is 4. The summed E-state index contributed by atoms with van der Waals surface area (Å²) in [4.78, 5) is 17.0. The van der Waals surface area contributed by atoms with Crippen LogP contribution in [0.15, 0.2) is 30.3 Å². The maximum atomic E-state index is 11.3. The minimum absolute atomic E-state index is 0.0527. The second-order valence-electron chi connectivity index (χ2n) is 4.97. The summed E-state index contributed by atoms with van der Waals surface area (Å²) in [6.45, 7) is 1.98. The molecule has 98 valence electrons. The van der Waals surface area contributed by atoms with Crippen LogP contribution in [0.2, 0.25) is 0 Å². The molecule has 4 nitrogen and oxygen atoms in total. The van der Waals surface area contributed by atoms with Crippen LogP contribution < -0.4 is 5.48 Å². The first-order valence-electron chi connectivity index (χ1n) is 6.17. The molecule has 2 atom stereocenters. The van der Waals surface area contributed by atoms with E-state index in [-0.39, 0.29) is 17.6 Å². The molecule has 1 heterocycles. The van der Waals surface area contributed by atoms with Gasteiger partial charge in [-0.15, -0.1) is 0 Å². The molecule has 0 aromatic heterocycles. The summed E-state index contributed by atoms with van der Waals surface area (Å²) < 4.78 is 4.70. The minimum atomic E-state index is -0.335. The fourth-order valence-corrected chi connectivity index (χ4v) is 2.19. The molecule has 1 aromatic carbocycles. The SMILES string of the molecule is COC(=O)C[C@@]1(C)CC[C@H](c2ccccc2)ON1. The molecule has 4 heteroatoms. The lowest BCUT2D eigenvalue weighted by atomic mass is 9.88. The summed E-state index contributed by atoms with van der Waals surface area (Å²) in [5, 5.41) is 0. The molecule has 1 aliphatic rings. The zero-order chi connectivity index (χ0) is 13.0. The van der Waals surface area contributed by atoms with Crippen LogP contribution in [-0.4, -0.2) is 18.6 Å². The predicted octanol–water partition coefficient (Wildman–Crippen LogP) is 2.36. The van der Waals surface area contributed by atoms with Crippen molar-refractivity contribution in [3.05, 3.63) is 35.9 Å². The van der Waals surface area contributed by atoms with E-state index in [0.717, 1.165) is 18.4 Å². The Morgan fingerprint density at radius 3 is 2.78 bits per heavy atom. The largest absolute Gasteiger partial charge is 0.469 e. The molecular weight excluding hydrogens is 230 g/mol. The maximum absolute atomic E-state index is 11.3. The second-order valence-corrected chi connectivity index (χ2v) is 4.97. The number of hydroxylamine groups is 1. The average molecular weight is 249 g/mol. The molecule has 0 spiro atoms. The minimum Gasteiger partial charge on any atom is -0.469 e. The molecule has 1 N–H and O–H groups in total. The highest BCUT2D eigenvalue weighted by Crippen LogP contribution is 2.32. The van der Waals surface area contributed by atoms with Gasteiger partial charge in [-0.3, -0.25) is 9.63 Å². The number of carbonyl (C=O) groups excluding carboxylic acids is 1. The number of benzene rings is 1. The van der Waals surface area contributed by atoms with Crippen molar-refractivity contribution in [1.29, 1.82) is 0 Å². The smallest absolute Gasteiger partial charge is 0.307 e. The third-order valence-electron chi connectivity index (χ3n) is 3.34. The van der Waals surface area contributed by atoms with Crippen LogP contribution in [-0.2, 0) is 14.4 Å². The van der Waals surface area contributed by atoms with Gasteiger partial charge in [-0.25, -0.2) is 0 Å². The van der Waals surface area contributed by atoms with E-state index in [1.165, 1.54) is 7.11 Å². The van der Waals surface area contributed by atoms with Crippen LogP contribution >= 0.6 is 0 Å². The normalized spacial score (nSPS) is 27.8. The van der Waals surface area contributed by atoms with E-state index in [0.29, 0.717) is 6.42 Å². The number of nitrogens with one attached hydrogen (secondary N) is 1. The quantitative estimate of drug-likeness (QED) is 0.835. The van der Waals surface area contributed by atoms with Crippen molar-refractivity contribution in [3.8, 4) is 0 Å². The first-order chi connectivity index (χ1) is 8.63. The Labute approximate surface area is 107 Å². The number of rotatable bonds is 3. The summed E-state index contributed by atoms with van der Waals surface area (Å²) in [5.74, 6) is -0.216. The highest BCUT2D eigenvalue weighted by atomic mass is 16.7. The fourth-order valence-electron chi connectivity index (χ4n) is 2.19. The van der Waals surface area contributed by atoms with Crippen molar-refractivity contribution in [2.75, 3.05) is 7.11 Å². The molecule has 1 fully saturated rings. The van der Waals surface area contributed by atoms with Gasteiger partial charge in [0.25, 0.3) is 0 Å². The Balaban J connectivity index is 1.93. The van der Waals surface area contributed by atoms with Gasteiger partial charge < -0.3 is 4.74 Å². The summed E-state index contributed by atoms with van der Waals surface area (Å²) in [6.07, 6.45) is 2.15. The molecule has 2 rings (SSSR count). The molecular formula is C14H19NO3. The monoisotopic (exact) mass is 249 g/mol. The molecule has 0 radical (unpaired) electrons. The Kier molecular flexibility index (Phi) is 3.99. The van der Waals surface area contributed by atoms with Crippen LogP contribution in [0, 0.1) is 0 Å². The molecule has 0 saturated carbocycles. The lowest BCUT2D eigenvalue weighted by Crippen LogP contribution is -2.48. The molecule has 1 aromatic rings. The number of hydrogen-bond donors (Lipinski definition) is 1. The van der Waals surface area contributed by atoms with Crippen molar-refractivity contribution in [2.45, 2.75) is 37.8 Å². The van der Waals surface area contributed by atoms with E-state index in [2.05, 4.69) is 17.6 Å². The molecule has 1 aliphatic heterocycles. The van der Waals surface area contributed by atoms with Crippen LogP contribution in [0.1, 0.15) is 37.9 Å². The van der Waals surface area contributed by atoms with Crippen LogP contribution in [0.5, 0.6) is 0 Å². The Morgan fingerprint density at radius 1 is 1.50 bits per heavy atom. The molecule has 1 saturated heterocycles. The first kappa shape index (κ1) is 13.1. The zero-order valence-corrected chi connectivity index (χ0v) is 10.8. The van der Waals surface area contributed by atoms with Crippen molar-refractivity contribution in [3.63, 3.8) is 0 Å². The number of methoxy groups -OCH3 is 1. The third-order valence-corrected chi connectivity index (χ3v) is 3.34. The van der Waals surface area contributed by atoms with E-state index in [1.54, 1.807) is 0 Å². The number of ether oxygens (including phenoxy) is 1. The topological polar surface area (TPSA) is 47.6 Å². The summed E-state index contributed by atoms with van der Waals surface area (Å²) >= 11 is 0. The lowest BCUT2D eigenvalue weighted by molar-refractivity contribution is -0.151. The maximum Gasteiger partial charge on any atom is 0.307 e. The van der Waals surface area contributed by atoms with Gasteiger partial charge in [-0.2, -0.15) is 5.48 Å². The highest BCUT2D eigenvalue weighted by molar-refractivity contribution is 5.70. The van der Waals surface area contributed by atoms with E-state index in [1.807, 2.05) is 25.1 Å². The summed E-state index contributed by atoms with van der Waals surface area (Å²) in [6, 6.07) is 10.1. The van der Waals surface area contributed by atoms with E-state index in [9.17, 15) is 4.79 Å². The van der Waals surface area contributed by atoms with Crippen molar-refractivity contribution in [1.82, 2.24) is 5.48 Å². The molecule has 0 unspecified atom stereocenters. The first-order valence-corrected chi connectivity index (χ1v) is 6.17. The Hall–Kier alpha value is -1.39. The molecule has 0 aliphatic carbocycles. The molecule has 0 bridgehead atoms. The van der Waals surface area contributed by atoms with Gasteiger partial charge in [0.2, 0.25) is 0 Å². The van der Waals surface area contributed by atoms with Crippen LogP contribution in [0.25, 0.3) is 0 Å². The van der Waals surface area contributed by atoms with E-state index < -0.39 is 0 Å². The van der Waals surface area contributed by atoms with Crippen molar-refractivity contribution < 1.29 is 14.4 Å². The van der Waals surface area contributed by atoms with E-state index in [4.69, 9.17) is 9.57 Å². The number of esters is 1. The summed E-state index contributed by atoms with van der Waals surface area (Å²) in [7, 11) is 1.40. The Bertz CT molecular complexity index is 397. The molecule has 0 amide bonds. The summed E-state index contributed by atoms with van der Waals surface area (Å²) in [5.41, 5.74) is 3.83. The Morgan fingerprint density at radius 2 is 2.22 bits per heavy atom. The van der Waals surface area contributed by atoms with Crippen LogP contribution in [0.4, 0.5) is 0 Å². The second kappa shape index (κ2) is 5.50. The van der Waals surface area contributed by atoms with E-state index >= 15 is 0 Å². The van der Waals surface area contributed by atoms with Gasteiger partial charge in [0, 0.05) is 0 Å². The zero-order valence-electron chi connectivity index (χ0n) is 10.8. The van der Waals surface area contributed by atoms with Gasteiger partial charge >= 0.3 is 5.97 Å². The van der Waals surface area contributed by atoms with Gasteiger partial charge in [0.15, 0.2) is 0 Å². The van der Waals surface area contributed by atoms with Gasteiger partial charge in [0.1, 0.15) is 6.10 Å². The lowest BCUT2D eigenvalue weighted by Gasteiger charge is -2.37. The van der Waals surface area contributed by atoms with Gasteiger partial charge in [-0.05, 0) is 25.3 Å². The highest BCUT2D eigenvalue weighted by Gasteiger charge is 2.34. The van der Waals surface area contributed by atoms with Gasteiger partial charge in [0.05, 0.1) is 19.1 Å². The van der Waals surface area contributed by atoms with Crippen molar-refractivity contribution in [2.24, 2.45) is 0 Å². The average Bonchev–Trinajstić information content (AvgIpc) is 2.40. The fraction of sp³-hybridized carbons (Fsp3) is 0.500. The van der Waals surface area contributed by atoms with Crippen molar-refractivity contribution >= 4 is 5.97 Å².